The Labute approximate surface area is 137 Å². The van der Waals surface area contributed by atoms with Crippen LogP contribution in [0, 0.1) is 6.92 Å². The second kappa shape index (κ2) is 6.50. The number of aryl methyl sites for hydroxylation is 1. The molecular formula is C16H14BrClO3. The van der Waals surface area contributed by atoms with Crippen molar-refractivity contribution in [1.29, 1.82) is 0 Å². The van der Waals surface area contributed by atoms with Gasteiger partial charge >= 0.3 is 0 Å². The van der Waals surface area contributed by atoms with Gasteiger partial charge in [-0.1, -0.05) is 11.6 Å². The molecule has 21 heavy (non-hydrogen) atoms. The molecule has 0 amide bonds. The Morgan fingerprint density at radius 3 is 2.24 bits per heavy atom. The largest absolute Gasteiger partial charge is 0.493 e. The van der Waals surface area contributed by atoms with Crippen molar-refractivity contribution in [3.05, 3.63) is 56.5 Å². The maximum atomic E-state index is 12.7. The summed E-state index contributed by atoms with van der Waals surface area (Å²) in [6.45, 7) is 1.86. The third kappa shape index (κ3) is 3.22. The van der Waals surface area contributed by atoms with E-state index in [9.17, 15) is 4.79 Å². The van der Waals surface area contributed by atoms with Crippen molar-refractivity contribution in [1.82, 2.24) is 0 Å². The number of ether oxygens (including phenoxy) is 2. The first-order chi connectivity index (χ1) is 9.97. The lowest BCUT2D eigenvalue weighted by atomic mass is 9.98. The van der Waals surface area contributed by atoms with Gasteiger partial charge in [0.15, 0.2) is 17.3 Å². The molecular weight excluding hydrogens is 356 g/mol. The Kier molecular flexibility index (Phi) is 4.91. The highest BCUT2D eigenvalue weighted by Crippen LogP contribution is 2.32. The fourth-order valence-corrected chi connectivity index (χ4v) is 2.91. The molecule has 110 valence electrons. The van der Waals surface area contributed by atoms with Gasteiger partial charge in [-0.2, -0.15) is 0 Å². The van der Waals surface area contributed by atoms with Gasteiger partial charge < -0.3 is 9.47 Å². The van der Waals surface area contributed by atoms with E-state index < -0.39 is 0 Å². The number of carbonyl (C=O) groups is 1. The average Bonchev–Trinajstić information content (AvgIpc) is 2.46. The normalized spacial score (nSPS) is 10.3. The Morgan fingerprint density at radius 1 is 1.05 bits per heavy atom. The highest BCUT2D eigenvalue weighted by molar-refractivity contribution is 9.10. The van der Waals surface area contributed by atoms with Crippen LogP contribution in [0.2, 0.25) is 5.02 Å². The maximum absolute atomic E-state index is 12.7. The maximum Gasteiger partial charge on any atom is 0.194 e. The van der Waals surface area contributed by atoms with E-state index in [0.29, 0.717) is 32.1 Å². The van der Waals surface area contributed by atoms with Gasteiger partial charge in [0.2, 0.25) is 0 Å². The molecule has 0 radical (unpaired) electrons. The zero-order valence-electron chi connectivity index (χ0n) is 11.9. The standard InChI is InChI=1S/C16H14BrClO3/c1-9-6-14(20-2)15(21-3)8-12(9)16(19)11-5-4-10(18)7-13(11)17/h4-8H,1-3H3. The first kappa shape index (κ1) is 15.9. The van der Waals surface area contributed by atoms with Gasteiger partial charge in [0.1, 0.15) is 0 Å². The van der Waals surface area contributed by atoms with E-state index in [4.69, 9.17) is 21.1 Å². The first-order valence-electron chi connectivity index (χ1n) is 6.20. The SMILES string of the molecule is COc1cc(C)c(C(=O)c2ccc(Cl)cc2Br)cc1OC. The molecule has 0 N–H and O–H groups in total. The molecule has 0 aliphatic rings. The zero-order chi connectivity index (χ0) is 15.6. The fraction of sp³-hybridized carbons (Fsp3) is 0.188. The first-order valence-corrected chi connectivity index (χ1v) is 7.37. The summed E-state index contributed by atoms with van der Waals surface area (Å²) in [4.78, 5) is 12.7. The highest BCUT2D eigenvalue weighted by Gasteiger charge is 2.18. The molecule has 0 aromatic heterocycles. The summed E-state index contributed by atoms with van der Waals surface area (Å²) >= 11 is 9.28. The number of methoxy groups -OCH3 is 2. The van der Waals surface area contributed by atoms with Gasteiger partial charge in [0.25, 0.3) is 0 Å². The molecule has 0 fully saturated rings. The van der Waals surface area contributed by atoms with E-state index in [-0.39, 0.29) is 5.78 Å². The highest BCUT2D eigenvalue weighted by atomic mass is 79.9. The number of carbonyl (C=O) groups excluding carboxylic acids is 1. The van der Waals surface area contributed by atoms with Crippen molar-refractivity contribution in [2.24, 2.45) is 0 Å². The third-order valence-electron chi connectivity index (χ3n) is 3.15. The number of hydrogen-bond acceptors (Lipinski definition) is 3. The van der Waals surface area contributed by atoms with Crippen LogP contribution < -0.4 is 9.47 Å². The van der Waals surface area contributed by atoms with Crippen LogP contribution in [-0.2, 0) is 0 Å². The molecule has 0 heterocycles. The Bertz CT molecular complexity index is 698. The van der Waals surface area contributed by atoms with Crippen molar-refractivity contribution in [3.8, 4) is 11.5 Å². The van der Waals surface area contributed by atoms with E-state index >= 15 is 0 Å². The van der Waals surface area contributed by atoms with E-state index in [1.54, 1.807) is 44.6 Å². The molecule has 5 heteroatoms. The van der Waals surface area contributed by atoms with Crippen LogP contribution in [0.25, 0.3) is 0 Å². The van der Waals surface area contributed by atoms with E-state index in [1.807, 2.05) is 6.92 Å². The molecule has 2 aromatic rings. The average molecular weight is 370 g/mol. The minimum atomic E-state index is -0.100. The van der Waals surface area contributed by atoms with Crippen LogP contribution >= 0.6 is 27.5 Å². The molecule has 2 aromatic carbocycles. The molecule has 0 aliphatic heterocycles. The number of ketones is 1. The molecule has 0 unspecified atom stereocenters. The molecule has 0 spiro atoms. The number of hydrogen-bond donors (Lipinski definition) is 0. The van der Waals surface area contributed by atoms with Gasteiger partial charge in [-0.3, -0.25) is 4.79 Å². The van der Waals surface area contributed by atoms with Gasteiger partial charge in [0, 0.05) is 20.6 Å². The number of halogens is 2. The predicted molar refractivity (Wildman–Crippen MR) is 86.9 cm³/mol. The second-order valence-corrected chi connectivity index (χ2v) is 5.77. The van der Waals surface area contributed by atoms with Gasteiger partial charge in [-0.05, 0) is 58.7 Å². The van der Waals surface area contributed by atoms with Crippen LogP contribution in [0.1, 0.15) is 21.5 Å². The topological polar surface area (TPSA) is 35.5 Å². The van der Waals surface area contributed by atoms with Gasteiger partial charge in [-0.25, -0.2) is 0 Å². The summed E-state index contributed by atoms with van der Waals surface area (Å²) < 4.78 is 11.2. The van der Waals surface area contributed by atoms with Crippen LogP contribution in [0.5, 0.6) is 11.5 Å². The predicted octanol–water partition coefficient (Wildman–Crippen LogP) is 4.66. The lowest BCUT2D eigenvalue weighted by Crippen LogP contribution is -2.06. The van der Waals surface area contributed by atoms with Crippen LogP contribution in [0.3, 0.4) is 0 Å². The van der Waals surface area contributed by atoms with Crippen molar-refractivity contribution in [2.75, 3.05) is 14.2 Å². The minimum absolute atomic E-state index is 0.100. The van der Waals surface area contributed by atoms with Gasteiger partial charge in [0.05, 0.1) is 14.2 Å². The quantitative estimate of drug-likeness (QED) is 0.735. The van der Waals surface area contributed by atoms with Crippen LogP contribution in [0.4, 0.5) is 0 Å². The lowest BCUT2D eigenvalue weighted by molar-refractivity contribution is 0.103. The summed E-state index contributed by atoms with van der Waals surface area (Å²) in [5, 5.41) is 0.572. The molecule has 0 saturated carbocycles. The molecule has 3 nitrogen and oxygen atoms in total. The zero-order valence-corrected chi connectivity index (χ0v) is 14.2. The van der Waals surface area contributed by atoms with E-state index in [1.165, 1.54) is 0 Å². The molecule has 0 atom stereocenters. The van der Waals surface area contributed by atoms with Gasteiger partial charge in [-0.15, -0.1) is 0 Å². The Balaban J connectivity index is 2.53. The molecule has 0 bridgehead atoms. The fourth-order valence-electron chi connectivity index (χ4n) is 2.04. The second-order valence-electron chi connectivity index (χ2n) is 4.48. The van der Waals surface area contributed by atoms with Crippen molar-refractivity contribution in [3.63, 3.8) is 0 Å². The monoisotopic (exact) mass is 368 g/mol. The number of benzene rings is 2. The summed E-state index contributed by atoms with van der Waals surface area (Å²) in [5.74, 6) is 1.02. The third-order valence-corrected chi connectivity index (χ3v) is 4.04. The van der Waals surface area contributed by atoms with Crippen LogP contribution in [0.15, 0.2) is 34.8 Å². The Hall–Kier alpha value is -1.52. The minimum Gasteiger partial charge on any atom is -0.493 e. The Morgan fingerprint density at radius 2 is 1.67 bits per heavy atom. The lowest BCUT2D eigenvalue weighted by Gasteiger charge is -2.13. The van der Waals surface area contributed by atoms with Crippen LogP contribution in [-0.4, -0.2) is 20.0 Å². The number of rotatable bonds is 4. The van der Waals surface area contributed by atoms with Crippen molar-refractivity contribution < 1.29 is 14.3 Å². The molecule has 0 aliphatic carbocycles. The summed E-state index contributed by atoms with van der Waals surface area (Å²) in [5.41, 5.74) is 1.94. The summed E-state index contributed by atoms with van der Waals surface area (Å²) in [6.07, 6.45) is 0. The van der Waals surface area contributed by atoms with Crippen molar-refractivity contribution in [2.45, 2.75) is 6.92 Å². The molecule has 0 saturated heterocycles. The summed E-state index contributed by atoms with van der Waals surface area (Å²) in [6, 6.07) is 8.57. The summed E-state index contributed by atoms with van der Waals surface area (Å²) in [7, 11) is 3.11. The van der Waals surface area contributed by atoms with E-state index in [2.05, 4.69) is 15.9 Å². The smallest absolute Gasteiger partial charge is 0.194 e. The van der Waals surface area contributed by atoms with Crippen molar-refractivity contribution >= 4 is 33.3 Å². The van der Waals surface area contributed by atoms with E-state index in [0.717, 1.165) is 5.56 Å². The molecule has 2 rings (SSSR count).